The summed E-state index contributed by atoms with van der Waals surface area (Å²) in [5.74, 6) is -3.09. The first-order valence-corrected chi connectivity index (χ1v) is 10.4. The molecule has 3 N–H and O–H groups in total. The zero-order valence-corrected chi connectivity index (χ0v) is 17.8. The fourth-order valence-corrected chi connectivity index (χ4v) is 5.16. The molecule has 0 saturated heterocycles. The van der Waals surface area contributed by atoms with Crippen molar-refractivity contribution in [2.45, 2.75) is 30.6 Å². The number of amidine groups is 1. The lowest BCUT2D eigenvalue weighted by molar-refractivity contribution is 0.0819. The summed E-state index contributed by atoms with van der Waals surface area (Å²) in [4.78, 5) is 25.0. The lowest BCUT2D eigenvalue weighted by atomic mass is 9.86. The van der Waals surface area contributed by atoms with Gasteiger partial charge in [0.15, 0.2) is 11.8 Å². The summed E-state index contributed by atoms with van der Waals surface area (Å²) < 4.78 is 48.5. The van der Waals surface area contributed by atoms with Crippen LogP contribution in [0.25, 0.3) is 0 Å². The quantitative estimate of drug-likeness (QED) is 0.664. The van der Waals surface area contributed by atoms with Crippen LogP contribution >= 0.6 is 11.8 Å². The Bertz CT molecular complexity index is 1180. The van der Waals surface area contributed by atoms with Crippen molar-refractivity contribution in [3.05, 3.63) is 47.2 Å². The number of hydrogen-bond acceptors (Lipinski definition) is 7. The third kappa shape index (κ3) is 3.64. The van der Waals surface area contributed by atoms with Crippen LogP contribution in [-0.4, -0.2) is 38.8 Å². The molecule has 2 aliphatic rings. The first kappa shape index (κ1) is 22.0. The highest BCUT2D eigenvalue weighted by Gasteiger charge is 2.77. The Morgan fingerprint density at radius 2 is 2.19 bits per heavy atom. The average molecular weight is 461 g/mol. The number of thioether (sulfide) groups is 1. The lowest BCUT2D eigenvalue weighted by Crippen LogP contribution is -2.32. The van der Waals surface area contributed by atoms with E-state index in [0.717, 1.165) is 17.8 Å². The van der Waals surface area contributed by atoms with Gasteiger partial charge >= 0.3 is 0 Å². The Balaban J connectivity index is 1.61. The molecule has 4 rings (SSSR count). The van der Waals surface area contributed by atoms with Crippen molar-refractivity contribution < 1.29 is 22.7 Å². The maximum absolute atomic E-state index is 14.7. The zero-order chi connectivity index (χ0) is 23.3. The lowest BCUT2D eigenvalue weighted by Gasteiger charge is -2.29. The van der Waals surface area contributed by atoms with Crippen molar-refractivity contribution in [1.82, 2.24) is 9.97 Å². The number of nitrogens with two attached hydrogens (primary N) is 1. The molecule has 1 fully saturated rings. The normalized spacial score (nSPS) is 25.2. The standard InChI is InChI=1S/C21H18F3N5O2S/c1-4-7-31-14-9-26-15(10(2)27-14)18(30)28-11-5-6-13(22)12(8-11)20(3)16-17(21(16,23)24)32-19(25)29-20/h1,5-6,8-9,16-17H,7H2,2-3H3,(H2,25,29)(H,28,30)/t16?,17-,20-/m1/s1. The summed E-state index contributed by atoms with van der Waals surface area (Å²) in [7, 11) is 0. The van der Waals surface area contributed by atoms with E-state index >= 15 is 0 Å². The van der Waals surface area contributed by atoms with Crippen molar-refractivity contribution >= 4 is 28.5 Å². The molecule has 3 atom stereocenters. The van der Waals surface area contributed by atoms with Crippen LogP contribution in [0.4, 0.5) is 18.9 Å². The van der Waals surface area contributed by atoms with Gasteiger partial charge in [0.05, 0.1) is 28.6 Å². The number of aliphatic imine (C=N–C) groups is 1. The van der Waals surface area contributed by atoms with E-state index in [-0.39, 0.29) is 40.3 Å². The Kier molecular flexibility index (Phi) is 5.29. The maximum Gasteiger partial charge on any atom is 0.276 e. The number of alkyl halides is 2. The van der Waals surface area contributed by atoms with Crippen LogP contribution in [0, 0.1) is 31.0 Å². The highest BCUT2D eigenvalue weighted by atomic mass is 32.2. The molecule has 11 heteroatoms. The monoisotopic (exact) mass is 461 g/mol. The highest BCUT2D eigenvalue weighted by molar-refractivity contribution is 8.14. The first-order chi connectivity index (χ1) is 15.1. The van der Waals surface area contributed by atoms with Gasteiger partial charge in [0.2, 0.25) is 5.88 Å². The number of amides is 1. The molecule has 166 valence electrons. The van der Waals surface area contributed by atoms with Crippen molar-refractivity contribution in [3.63, 3.8) is 0 Å². The molecule has 1 unspecified atom stereocenters. The Labute approximate surface area is 186 Å². The first-order valence-electron chi connectivity index (χ1n) is 9.49. The Hall–Kier alpha value is -3.26. The van der Waals surface area contributed by atoms with Crippen molar-refractivity contribution in [3.8, 4) is 18.2 Å². The second-order valence-electron chi connectivity index (χ2n) is 7.57. The Morgan fingerprint density at radius 1 is 1.44 bits per heavy atom. The molecule has 1 aromatic heterocycles. The summed E-state index contributed by atoms with van der Waals surface area (Å²) in [5.41, 5.74) is 4.58. The molecule has 2 aromatic rings. The van der Waals surface area contributed by atoms with E-state index in [0.29, 0.717) is 0 Å². The molecule has 1 aromatic carbocycles. The van der Waals surface area contributed by atoms with E-state index in [1.807, 2.05) is 0 Å². The van der Waals surface area contributed by atoms with E-state index in [1.165, 1.54) is 25.3 Å². The maximum atomic E-state index is 14.7. The van der Waals surface area contributed by atoms with Crippen LogP contribution in [0.3, 0.4) is 0 Å². The summed E-state index contributed by atoms with van der Waals surface area (Å²) in [6, 6.07) is 3.70. The molecule has 1 aliphatic carbocycles. The molecule has 1 aliphatic heterocycles. The number of carbonyl (C=O) groups is 1. The van der Waals surface area contributed by atoms with E-state index < -0.39 is 34.4 Å². The number of rotatable bonds is 5. The van der Waals surface area contributed by atoms with E-state index in [9.17, 15) is 18.0 Å². The molecule has 1 saturated carbocycles. The summed E-state index contributed by atoms with van der Waals surface area (Å²) >= 11 is 0.794. The van der Waals surface area contributed by atoms with Gasteiger partial charge in [-0.1, -0.05) is 17.7 Å². The molecule has 32 heavy (non-hydrogen) atoms. The molecule has 0 spiro atoms. The predicted molar refractivity (Wildman–Crippen MR) is 114 cm³/mol. The van der Waals surface area contributed by atoms with Gasteiger partial charge in [-0.3, -0.25) is 9.79 Å². The van der Waals surface area contributed by atoms with Gasteiger partial charge in [-0.05, 0) is 32.0 Å². The third-order valence-corrected chi connectivity index (χ3v) is 6.57. The number of benzene rings is 1. The van der Waals surface area contributed by atoms with Crippen LogP contribution in [0.1, 0.15) is 28.7 Å². The number of anilines is 1. The number of aromatic nitrogens is 2. The van der Waals surface area contributed by atoms with Gasteiger partial charge in [0.25, 0.3) is 11.8 Å². The van der Waals surface area contributed by atoms with Crippen LogP contribution < -0.4 is 15.8 Å². The molecule has 7 nitrogen and oxygen atoms in total. The van der Waals surface area contributed by atoms with Crippen LogP contribution in [0.2, 0.25) is 0 Å². The minimum atomic E-state index is -3.02. The number of terminal acetylenes is 1. The number of halogens is 3. The average Bonchev–Trinajstić information content (AvgIpc) is 3.28. The highest BCUT2D eigenvalue weighted by Crippen LogP contribution is 2.66. The second kappa shape index (κ2) is 7.70. The van der Waals surface area contributed by atoms with E-state index in [4.69, 9.17) is 16.9 Å². The van der Waals surface area contributed by atoms with Crippen LogP contribution in [0.15, 0.2) is 29.4 Å². The van der Waals surface area contributed by atoms with Gasteiger partial charge in [0, 0.05) is 11.3 Å². The van der Waals surface area contributed by atoms with Gasteiger partial charge < -0.3 is 15.8 Å². The fraction of sp³-hybridized carbons (Fsp3) is 0.333. The molecule has 2 heterocycles. The Morgan fingerprint density at radius 3 is 2.88 bits per heavy atom. The topological polar surface area (TPSA) is 102 Å². The number of ether oxygens (including phenoxy) is 1. The van der Waals surface area contributed by atoms with Crippen molar-refractivity contribution in [2.75, 3.05) is 11.9 Å². The number of hydrogen-bond donors (Lipinski definition) is 2. The molecule has 0 bridgehead atoms. The van der Waals surface area contributed by atoms with Crippen LogP contribution in [0.5, 0.6) is 5.88 Å². The van der Waals surface area contributed by atoms with Gasteiger partial charge in [-0.2, -0.15) is 0 Å². The predicted octanol–water partition coefficient (Wildman–Crippen LogP) is 3.10. The van der Waals surface area contributed by atoms with E-state index in [2.05, 4.69) is 26.2 Å². The van der Waals surface area contributed by atoms with Gasteiger partial charge in [0.1, 0.15) is 11.5 Å². The summed E-state index contributed by atoms with van der Waals surface area (Å²) in [6.07, 6.45) is 6.38. The summed E-state index contributed by atoms with van der Waals surface area (Å²) in [5, 5.41) is 1.50. The smallest absolute Gasteiger partial charge is 0.276 e. The van der Waals surface area contributed by atoms with Gasteiger partial charge in [-0.25, -0.2) is 23.1 Å². The summed E-state index contributed by atoms with van der Waals surface area (Å²) in [6.45, 7) is 2.99. The number of aryl methyl sites for hydroxylation is 1. The second-order valence-corrected chi connectivity index (χ2v) is 8.73. The van der Waals surface area contributed by atoms with Gasteiger partial charge in [-0.15, -0.1) is 6.42 Å². The molecule has 1 amide bonds. The fourth-order valence-electron chi connectivity index (χ4n) is 3.85. The van der Waals surface area contributed by atoms with Crippen molar-refractivity contribution in [2.24, 2.45) is 16.6 Å². The van der Waals surface area contributed by atoms with Crippen LogP contribution in [-0.2, 0) is 5.54 Å². The third-order valence-electron chi connectivity index (χ3n) is 5.40. The number of nitrogens with zero attached hydrogens (tertiary/aromatic N) is 3. The van der Waals surface area contributed by atoms with E-state index in [1.54, 1.807) is 6.92 Å². The van der Waals surface area contributed by atoms with Crippen molar-refractivity contribution in [1.29, 1.82) is 0 Å². The number of fused-ring (bicyclic) bond motifs is 1. The minimum Gasteiger partial charge on any atom is -0.463 e. The minimum absolute atomic E-state index is 0.00316. The zero-order valence-electron chi connectivity index (χ0n) is 17.0. The molecular weight excluding hydrogens is 443 g/mol. The largest absolute Gasteiger partial charge is 0.463 e. The number of nitrogens with one attached hydrogen (secondary N) is 1. The molecular formula is C21H18F3N5O2S. The molecule has 0 radical (unpaired) electrons. The number of carbonyl (C=O) groups excluding carboxylic acids is 1. The SMILES string of the molecule is C#CCOc1cnc(C(=O)Nc2ccc(F)c([C@@]3(C)N=C(N)S[C@@H]4C3C4(F)F)c2)c(C)n1.